The summed E-state index contributed by atoms with van der Waals surface area (Å²) in [6, 6.07) is 0. The minimum Gasteiger partial charge on any atom is -0.351 e. The first-order valence-corrected chi connectivity index (χ1v) is 5.74. The van der Waals surface area contributed by atoms with Crippen molar-refractivity contribution in [3.05, 3.63) is 0 Å². The topological polar surface area (TPSA) is 55.1 Å². The van der Waals surface area contributed by atoms with Crippen LogP contribution in [0.4, 0.5) is 0 Å². The van der Waals surface area contributed by atoms with Crippen molar-refractivity contribution < 1.29 is 4.79 Å². The monoisotopic (exact) mass is 214 g/mol. The maximum absolute atomic E-state index is 11.1. The molecule has 0 aromatic heterocycles. The SMILES string of the molecule is CC(=O)NC1(C)CCCCC1(C)C.CN. The Hall–Kier alpha value is -0.570. The van der Waals surface area contributed by atoms with Gasteiger partial charge in [0.15, 0.2) is 0 Å². The van der Waals surface area contributed by atoms with E-state index in [0.29, 0.717) is 0 Å². The smallest absolute Gasteiger partial charge is 0.217 e. The van der Waals surface area contributed by atoms with Crippen LogP contribution in [-0.4, -0.2) is 18.5 Å². The molecule has 1 atom stereocenters. The highest BCUT2D eigenvalue weighted by Gasteiger charge is 2.43. The van der Waals surface area contributed by atoms with Crippen LogP contribution in [0, 0.1) is 5.41 Å². The molecule has 1 amide bonds. The van der Waals surface area contributed by atoms with Crippen LogP contribution in [0.15, 0.2) is 0 Å². The highest BCUT2D eigenvalue weighted by Crippen LogP contribution is 2.43. The molecule has 1 saturated carbocycles. The van der Waals surface area contributed by atoms with E-state index < -0.39 is 0 Å². The summed E-state index contributed by atoms with van der Waals surface area (Å²) >= 11 is 0. The molecule has 0 spiro atoms. The van der Waals surface area contributed by atoms with Gasteiger partial charge in [-0.3, -0.25) is 4.79 Å². The summed E-state index contributed by atoms with van der Waals surface area (Å²) in [4.78, 5) is 11.1. The van der Waals surface area contributed by atoms with Gasteiger partial charge in [0.2, 0.25) is 5.91 Å². The number of amides is 1. The summed E-state index contributed by atoms with van der Waals surface area (Å²) in [5.41, 5.74) is 4.73. The summed E-state index contributed by atoms with van der Waals surface area (Å²) in [7, 11) is 1.50. The number of nitrogens with two attached hydrogens (primary N) is 1. The van der Waals surface area contributed by atoms with Crippen LogP contribution in [-0.2, 0) is 4.79 Å². The van der Waals surface area contributed by atoms with Gasteiger partial charge in [-0.2, -0.15) is 0 Å². The lowest BCUT2D eigenvalue weighted by Crippen LogP contribution is -2.56. The number of carbonyl (C=O) groups is 1. The highest BCUT2D eigenvalue weighted by atomic mass is 16.1. The largest absolute Gasteiger partial charge is 0.351 e. The molecule has 90 valence electrons. The second kappa shape index (κ2) is 5.50. The molecule has 0 aromatic rings. The number of hydrogen-bond donors (Lipinski definition) is 2. The molecule has 1 aliphatic carbocycles. The maximum atomic E-state index is 11.1. The zero-order valence-corrected chi connectivity index (χ0v) is 10.8. The molecule has 3 N–H and O–H groups in total. The second-order valence-electron chi connectivity index (χ2n) is 5.10. The van der Waals surface area contributed by atoms with Crippen LogP contribution in [0.2, 0.25) is 0 Å². The normalized spacial score (nSPS) is 28.7. The van der Waals surface area contributed by atoms with Gasteiger partial charge in [-0.25, -0.2) is 0 Å². The van der Waals surface area contributed by atoms with E-state index in [-0.39, 0.29) is 16.9 Å². The lowest BCUT2D eigenvalue weighted by molar-refractivity contribution is -0.123. The van der Waals surface area contributed by atoms with Crippen molar-refractivity contribution in [3.63, 3.8) is 0 Å². The van der Waals surface area contributed by atoms with Crippen LogP contribution < -0.4 is 11.1 Å². The van der Waals surface area contributed by atoms with Crippen LogP contribution in [0.1, 0.15) is 53.4 Å². The Morgan fingerprint density at radius 1 is 1.13 bits per heavy atom. The molecule has 0 saturated heterocycles. The van der Waals surface area contributed by atoms with E-state index in [9.17, 15) is 4.79 Å². The Morgan fingerprint density at radius 2 is 1.60 bits per heavy atom. The van der Waals surface area contributed by atoms with Crippen molar-refractivity contribution in [2.75, 3.05) is 7.05 Å². The lowest BCUT2D eigenvalue weighted by Gasteiger charge is -2.48. The highest BCUT2D eigenvalue weighted by molar-refractivity contribution is 5.73. The second-order valence-corrected chi connectivity index (χ2v) is 5.10. The summed E-state index contributed by atoms with van der Waals surface area (Å²) in [6.07, 6.45) is 4.85. The molecular weight excluding hydrogens is 188 g/mol. The standard InChI is InChI=1S/C11H21NO.CH5N/c1-9(13)12-11(4)8-6-5-7-10(11,2)3;1-2/h5-8H2,1-4H3,(H,12,13);2H2,1H3. The Kier molecular flexibility index (Phi) is 5.29. The Bertz CT molecular complexity index is 214. The van der Waals surface area contributed by atoms with E-state index in [4.69, 9.17) is 0 Å². The van der Waals surface area contributed by atoms with Crippen molar-refractivity contribution in [2.24, 2.45) is 11.1 Å². The van der Waals surface area contributed by atoms with E-state index in [1.54, 1.807) is 6.92 Å². The minimum atomic E-state index is -0.00289. The molecule has 1 unspecified atom stereocenters. The molecule has 3 heteroatoms. The molecule has 15 heavy (non-hydrogen) atoms. The van der Waals surface area contributed by atoms with Gasteiger partial charge in [-0.15, -0.1) is 0 Å². The van der Waals surface area contributed by atoms with Gasteiger partial charge in [0, 0.05) is 12.5 Å². The summed E-state index contributed by atoms with van der Waals surface area (Å²) in [5.74, 6) is 0.0949. The van der Waals surface area contributed by atoms with E-state index >= 15 is 0 Å². The average molecular weight is 214 g/mol. The molecule has 0 radical (unpaired) electrons. The first-order chi connectivity index (χ1) is 6.87. The van der Waals surface area contributed by atoms with Crippen LogP contribution in [0.5, 0.6) is 0 Å². The zero-order valence-electron chi connectivity index (χ0n) is 10.8. The van der Waals surface area contributed by atoms with Crippen molar-refractivity contribution in [2.45, 2.75) is 58.9 Å². The number of hydrogen-bond acceptors (Lipinski definition) is 2. The van der Waals surface area contributed by atoms with E-state index in [1.165, 1.54) is 26.3 Å². The van der Waals surface area contributed by atoms with E-state index in [0.717, 1.165) is 6.42 Å². The Morgan fingerprint density at radius 3 is 2.00 bits per heavy atom. The predicted octanol–water partition coefficient (Wildman–Crippen LogP) is 2.06. The molecule has 0 aliphatic heterocycles. The molecular formula is C12H26N2O. The molecule has 3 nitrogen and oxygen atoms in total. The first kappa shape index (κ1) is 14.4. The third-order valence-electron chi connectivity index (χ3n) is 3.67. The van der Waals surface area contributed by atoms with Crippen molar-refractivity contribution >= 4 is 5.91 Å². The fraction of sp³-hybridized carbons (Fsp3) is 0.917. The number of rotatable bonds is 1. The third kappa shape index (κ3) is 3.49. The lowest BCUT2D eigenvalue weighted by atomic mass is 9.64. The fourth-order valence-corrected chi connectivity index (χ4v) is 2.28. The average Bonchev–Trinajstić information content (AvgIpc) is 2.13. The van der Waals surface area contributed by atoms with Gasteiger partial charge >= 0.3 is 0 Å². The van der Waals surface area contributed by atoms with Crippen molar-refractivity contribution in [1.29, 1.82) is 0 Å². The van der Waals surface area contributed by atoms with Crippen LogP contribution >= 0.6 is 0 Å². The Labute approximate surface area is 93.8 Å². The molecule has 0 bridgehead atoms. The van der Waals surface area contributed by atoms with E-state index in [1.807, 2.05) is 0 Å². The zero-order chi connectivity index (χ0) is 12.1. The fourth-order valence-electron chi connectivity index (χ4n) is 2.28. The van der Waals surface area contributed by atoms with Gasteiger partial charge in [-0.1, -0.05) is 26.7 Å². The van der Waals surface area contributed by atoms with Crippen LogP contribution in [0.25, 0.3) is 0 Å². The summed E-state index contributed by atoms with van der Waals surface area (Å²) < 4.78 is 0. The molecule has 0 heterocycles. The third-order valence-corrected chi connectivity index (χ3v) is 3.67. The molecule has 1 fully saturated rings. The van der Waals surface area contributed by atoms with Crippen molar-refractivity contribution in [1.82, 2.24) is 5.32 Å². The number of carbonyl (C=O) groups excluding carboxylic acids is 1. The van der Waals surface area contributed by atoms with Crippen LogP contribution in [0.3, 0.4) is 0 Å². The van der Waals surface area contributed by atoms with Gasteiger partial charge in [-0.05, 0) is 32.2 Å². The van der Waals surface area contributed by atoms with Gasteiger partial charge < -0.3 is 11.1 Å². The maximum Gasteiger partial charge on any atom is 0.217 e. The summed E-state index contributed by atoms with van der Waals surface area (Å²) in [5, 5.41) is 3.11. The van der Waals surface area contributed by atoms with Gasteiger partial charge in [0.1, 0.15) is 0 Å². The van der Waals surface area contributed by atoms with Gasteiger partial charge in [0.05, 0.1) is 0 Å². The Balaban J connectivity index is 0.000000921. The minimum absolute atomic E-state index is 0.00289. The predicted molar refractivity (Wildman–Crippen MR) is 64.6 cm³/mol. The first-order valence-electron chi connectivity index (χ1n) is 5.74. The quantitative estimate of drug-likeness (QED) is 0.702. The van der Waals surface area contributed by atoms with Gasteiger partial charge in [0.25, 0.3) is 0 Å². The molecule has 1 aliphatic rings. The summed E-state index contributed by atoms with van der Waals surface area (Å²) in [6.45, 7) is 8.29. The molecule has 0 aromatic carbocycles. The number of nitrogens with one attached hydrogen (secondary N) is 1. The van der Waals surface area contributed by atoms with Crippen molar-refractivity contribution in [3.8, 4) is 0 Å². The van der Waals surface area contributed by atoms with E-state index in [2.05, 4.69) is 31.8 Å². The molecule has 1 rings (SSSR count).